The van der Waals surface area contributed by atoms with Crippen LogP contribution in [0, 0.1) is 5.92 Å². The summed E-state index contributed by atoms with van der Waals surface area (Å²) in [4.78, 5) is 3.67. The molecule has 1 N–H and O–H groups in total. The molecular formula is C8H7F6NOS. The zero-order chi connectivity index (χ0) is 13.3. The minimum atomic E-state index is -5.53. The van der Waals surface area contributed by atoms with Crippen molar-refractivity contribution in [1.29, 1.82) is 0 Å². The standard InChI is InChI=1S/C8H7F6NOS/c9-7(10,11)6(8(12,13)14)5(16)1-4-2-15-3-17-4/h2-3,5-6,16H,1H2. The number of thiazole rings is 1. The fraction of sp³-hybridized carbons (Fsp3) is 0.625. The summed E-state index contributed by atoms with van der Waals surface area (Å²) in [5, 5.41) is 9.09. The highest BCUT2D eigenvalue weighted by molar-refractivity contribution is 7.09. The minimum Gasteiger partial charge on any atom is -0.392 e. The second kappa shape index (κ2) is 4.81. The van der Waals surface area contributed by atoms with E-state index in [1.165, 1.54) is 5.51 Å². The molecule has 1 rings (SSSR count). The van der Waals surface area contributed by atoms with Gasteiger partial charge in [0.25, 0.3) is 0 Å². The Labute approximate surface area is 95.9 Å². The van der Waals surface area contributed by atoms with Gasteiger partial charge in [0.2, 0.25) is 0 Å². The Hall–Kier alpha value is -0.830. The first-order valence-electron chi connectivity index (χ1n) is 4.31. The van der Waals surface area contributed by atoms with Crippen LogP contribution in [0.25, 0.3) is 0 Å². The van der Waals surface area contributed by atoms with Gasteiger partial charge in [-0.3, -0.25) is 4.98 Å². The SMILES string of the molecule is OC(Cc1cncs1)C(C(F)(F)F)C(F)(F)F. The van der Waals surface area contributed by atoms with Gasteiger partial charge in [-0.05, 0) is 0 Å². The Morgan fingerprint density at radius 2 is 1.71 bits per heavy atom. The Kier molecular flexibility index (Phi) is 4.03. The second-order valence-corrected chi connectivity index (χ2v) is 4.27. The van der Waals surface area contributed by atoms with Crippen molar-refractivity contribution in [2.75, 3.05) is 0 Å². The molecule has 0 aliphatic carbocycles. The summed E-state index contributed by atoms with van der Waals surface area (Å²) in [5.41, 5.74) is 1.26. The van der Waals surface area contributed by atoms with E-state index in [9.17, 15) is 26.3 Å². The summed E-state index contributed by atoms with van der Waals surface area (Å²) < 4.78 is 73.2. The molecule has 1 atom stereocenters. The molecule has 1 heterocycles. The zero-order valence-electron chi connectivity index (χ0n) is 8.09. The first-order chi connectivity index (χ1) is 7.62. The molecule has 98 valence electrons. The molecule has 0 saturated carbocycles. The number of halogens is 6. The van der Waals surface area contributed by atoms with E-state index in [4.69, 9.17) is 5.11 Å². The average Bonchev–Trinajstić information content (AvgIpc) is 2.49. The van der Waals surface area contributed by atoms with E-state index in [-0.39, 0.29) is 4.88 Å². The van der Waals surface area contributed by atoms with Crippen LogP contribution >= 0.6 is 11.3 Å². The van der Waals surface area contributed by atoms with Gasteiger partial charge in [0.15, 0.2) is 5.92 Å². The fourth-order valence-corrected chi connectivity index (χ4v) is 1.93. The largest absolute Gasteiger partial charge is 0.403 e. The number of hydrogen-bond acceptors (Lipinski definition) is 3. The molecule has 0 bridgehead atoms. The predicted octanol–water partition coefficient (Wildman–Crippen LogP) is 2.79. The van der Waals surface area contributed by atoms with E-state index in [0.29, 0.717) is 0 Å². The number of aliphatic hydroxyl groups excluding tert-OH is 1. The highest BCUT2D eigenvalue weighted by Gasteiger charge is 2.60. The van der Waals surface area contributed by atoms with Gasteiger partial charge in [0.1, 0.15) is 0 Å². The summed E-state index contributed by atoms with van der Waals surface area (Å²) in [6.07, 6.45) is -13.2. The van der Waals surface area contributed by atoms with Gasteiger partial charge in [0, 0.05) is 17.5 Å². The van der Waals surface area contributed by atoms with E-state index >= 15 is 0 Å². The maximum atomic E-state index is 12.2. The van der Waals surface area contributed by atoms with Crippen molar-refractivity contribution in [3.63, 3.8) is 0 Å². The molecule has 0 saturated heterocycles. The van der Waals surface area contributed by atoms with Gasteiger partial charge in [-0.2, -0.15) is 26.3 Å². The molecule has 0 radical (unpaired) electrons. The second-order valence-electron chi connectivity index (χ2n) is 3.30. The molecule has 0 amide bonds. The first-order valence-corrected chi connectivity index (χ1v) is 5.19. The van der Waals surface area contributed by atoms with Gasteiger partial charge < -0.3 is 5.11 Å². The Bertz CT molecular complexity index is 332. The lowest BCUT2D eigenvalue weighted by Gasteiger charge is -2.26. The van der Waals surface area contributed by atoms with E-state index in [1.807, 2.05) is 0 Å². The normalized spacial score (nSPS) is 15.3. The van der Waals surface area contributed by atoms with E-state index in [0.717, 1.165) is 17.5 Å². The van der Waals surface area contributed by atoms with Crippen molar-refractivity contribution >= 4 is 11.3 Å². The third-order valence-electron chi connectivity index (χ3n) is 1.98. The molecule has 0 aliphatic rings. The van der Waals surface area contributed by atoms with Gasteiger partial charge in [-0.25, -0.2) is 0 Å². The Balaban J connectivity index is 2.84. The molecule has 9 heteroatoms. The van der Waals surface area contributed by atoms with Crippen LogP contribution in [0.5, 0.6) is 0 Å². The lowest BCUT2D eigenvalue weighted by Crippen LogP contribution is -2.45. The van der Waals surface area contributed by atoms with E-state index < -0.39 is 30.8 Å². The van der Waals surface area contributed by atoms with Crippen LogP contribution in [0.2, 0.25) is 0 Å². The zero-order valence-corrected chi connectivity index (χ0v) is 8.90. The first kappa shape index (κ1) is 14.2. The van der Waals surface area contributed by atoms with Crippen molar-refractivity contribution in [3.8, 4) is 0 Å². The predicted molar refractivity (Wildman–Crippen MR) is 47.4 cm³/mol. The summed E-state index contributed by atoms with van der Waals surface area (Å²) in [5.74, 6) is -3.74. The fourth-order valence-electron chi connectivity index (χ4n) is 1.29. The van der Waals surface area contributed by atoms with Crippen LogP contribution in [-0.4, -0.2) is 28.5 Å². The molecule has 1 aromatic rings. The van der Waals surface area contributed by atoms with Gasteiger partial charge >= 0.3 is 12.4 Å². The Morgan fingerprint density at radius 3 is 2.06 bits per heavy atom. The summed E-state index contributed by atoms with van der Waals surface area (Å²) >= 11 is 0.884. The minimum absolute atomic E-state index is 0.163. The van der Waals surface area contributed by atoms with Crippen molar-refractivity contribution < 1.29 is 31.4 Å². The van der Waals surface area contributed by atoms with Crippen molar-refractivity contribution in [1.82, 2.24) is 4.98 Å². The van der Waals surface area contributed by atoms with E-state index in [2.05, 4.69) is 4.98 Å². The molecule has 2 nitrogen and oxygen atoms in total. The van der Waals surface area contributed by atoms with Gasteiger partial charge in [-0.15, -0.1) is 11.3 Å². The highest BCUT2D eigenvalue weighted by Crippen LogP contribution is 2.42. The lowest BCUT2D eigenvalue weighted by molar-refractivity contribution is -0.305. The number of aliphatic hydroxyl groups is 1. The Morgan fingerprint density at radius 1 is 1.18 bits per heavy atom. The van der Waals surface area contributed by atoms with Gasteiger partial charge in [-0.1, -0.05) is 0 Å². The van der Waals surface area contributed by atoms with Crippen LogP contribution in [-0.2, 0) is 6.42 Å². The van der Waals surface area contributed by atoms with Gasteiger partial charge in [0.05, 0.1) is 11.6 Å². The molecule has 0 aliphatic heterocycles. The third-order valence-corrected chi connectivity index (χ3v) is 2.79. The number of rotatable bonds is 3. The smallest absolute Gasteiger partial charge is 0.392 e. The summed E-state index contributed by atoms with van der Waals surface area (Å²) in [7, 11) is 0. The van der Waals surface area contributed by atoms with Crippen LogP contribution < -0.4 is 0 Å². The van der Waals surface area contributed by atoms with Crippen LogP contribution in [0.3, 0.4) is 0 Å². The van der Waals surface area contributed by atoms with Crippen LogP contribution in [0.15, 0.2) is 11.7 Å². The van der Waals surface area contributed by atoms with Crippen molar-refractivity contribution in [2.45, 2.75) is 24.9 Å². The summed E-state index contributed by atoms with van der Waals surface area (Å²) in [6.45, 7) is 0. The molecule has 0 spiro atoms. The van der Waals surface area contributed by atoms with Crippen molar-refractivity contribution in [2.24, 2.45) is 5.92 Å². The molecule has 0 fully saturated rings. The monoisotopic (exact) mass is 279 g/mol. The topological polar surface area (TPSA) is 33.1 Å². The molecule has 1 aromatic heterocycles. The lowest BCUT2D eigenvalue weighted by atomic mass is 9.98. The maximum absolute atomic E-state index is 12.2. The number of alkyl halides is 6. The van der Waals surface area contributed by atoms with Crippen LogP contribution in [0.1, 0.15) is 4.88 Å². The molecule has 0 aromatic carbocycles. The number of nitrogens with zero attached hydrogens (tertiary/aromatic N) is 1. The van der Waals surface area contributed by atoms with Crippen molar-refractivity contribution in [3.05, 3.63) is 16.6 Å². The molecule has 17 heavy (non-hydrogen) atoms. The summed E-state index contributed by atoms with van der Waals surface area (Å²) in [6, 6.07) is 0. The molecule has 1 unspecified atom stereocenters. The third kappa shape index (κ3) is 3.84. The highest BCUT2D eigenvalue weighted by atomic mass is 32.1. The number of aromatic nitrogens is 1. The van der Waals surface area contributed by atoms with E-state index in [1.54, 1.807) is 0 Å². The number of hydrogen-bond donors (Lipinski definition) is 1. The maximum Gasteiger partial charge on any atom is 0.403 e. The van der Waals surface area contributed by atoms with Crippen LogP contribution in [0.4, 0.5) is 26.3 Å². The molecular weight excluding hydrogens is 272 g/mol. The quantitative estimate of drug-likeness (QED) is 0.863. The average molecular weight is 279 g/mol.